The van der Waals surface area contributed by atoms with Crippen LogP contribution in [0.3, 0.4) is 0 Å². The van der Waals surface area contributed by atoms with E-state index in [1.807, 2.05) is 24.3 Å². The molecule has 0 aromatic heterocycles. The molecule has 0 heterocycles. The molecule has 66 heavy (non-hydrogen) atoms. The standard InChI is InChI=1S/C60H114N4O2/c1-5-9-13-17-21-25-29-33-37-43-51-63(52-44-38-34-30-26-22-18-14-10-6-2)55-49-61-59(65)57-47-41-42-48-58(57)60(66)62-50-56-64(53-45-39-35-31-27-23-19-15-11-7-3)54-46-40-36-32-28-24-20-16-12-8-4/h41-42,47-48H,5-40,43-46,49-56H2,1-4H3,(H,61,65)(H,62,66). The van der Waals surface area contributed by atoms with Crippen molar-refractivity contribution >= 4 is 11.8 Å². The predicted molar refractivity (Wildman–Crippen MR) is 291 cm³/mol. The van der Waals surface area contributed by atoms with Crippen LogP contribution < -0.4 is 10.6 Å². The number of unbranched alkanes of at least 4 members (excludes halogenated alkanes) is 36. The lowest BCUT2D eigenvalue weighted by molar-refractivity contribution is 0.0913. The van der Waals surface area contributed by atoms with Crippen molar-refractivity contribution in [3.63, 3.8) is 0 Å². The Morgan fingerprint density at radius 3 is 0.712 bits per heavy atom. The van der Waals surface area contributed by atoms with Crippen molar-refractivity contribution < 1.29 is 9.59 Å². The molecule has 0 fully saturated rings. The Balaban J connectivity index is 2.64. The van der Waals surface area contributed by atoms with E-state index in [4.69, 9.17) is 0 Å². The van der Waals surface area contributed by atoms with Gasteiger partial charge in [-0.15, -0.1) is 0 Å². The quantitative estimate of drug-likeness (QED) is 0.0639. The van der Waals surface area contributed by atoms with Gasteiger partial charge in [-0.25, -0.2) is 0 Å². The van der Waals surface area contributed by atoms with Crippen LogP contribution in [0.5, 0.6) is 0 Å². The fourth-order valence-corrected chi connectivity index (χ4v) is 9.69. The maximum Gasteiger partial charge on any atom is 0.252 e. The van der Waals surface area contributed by atoms with Gasteiger partial charge in [-0.1, -0.05) is 271 Å². The smallest absolute Gasteiger partial charge is 0.252 e. The van der Waals surface area contributed by atoms with Crippen LogP contribution in [0.15, 0.2) is 24.3 Å². The fourth-order valence-electron chi connectivity index (χ4n) is 9.69. The molecule has 6 nitrogen and oxygen atoms in total. The summed E-state index contributed by atoms with van der Waals surface area (Å²) in [5.41, 5.74) is 0.969. The molecule has 0 unspecified atom stereocenters. The monoisotopic (exact) mass is 923 g/mol. The van der Waals surface area contributed by atoms with Crippen LogP contribution in [0.2, 0.25) is 0 Å². The Labute approximate surface area is 412 Å². The highest BCUT2D eigenvalue weighted by atomic mass is 16.2. The summed E-state index contributed by atoms with van der Waals surface area (Å²) in [5, 5.41) is 6.43. The minimum atomic E-state index is -0.137. The van der Waals surface area contributed by atoms with Gasteiger partial charge in [0.1, 0.15) is 0 Å². The van der Waals surface area contributed by atoms with E-state index in [2.05, 4.69) is 48.1 Å². The third-order valence-corrected chi connectivity index (χ3v) is 14.2. The number of hydrogen-bond acceptors (Lipinski definition) is 4. The minimum absolute atomic E-state index is 0.137. The molecule has 0 aliphatic carbocycles. The van der Waals surface area contributed by atoms with Gasteiger partial charge in [0.05, 0.1) is 11.1 Å². The molecule has 1 aromatic carbocycles. The number of rotatable bonds is 52. The van der Waals surface area contributed by atoms with Crippen molar-refractivity contribution in [1.82, 2.24) is 20.4 Å². The Kier molecular flexibility index (Phi) is 46.6. The molecule has 0 aliphatic heterocycles. The molecule has 6 heteroatoms. The normalized spacial score (nSPS) is 11.6. The van der Waals surface area contributed by atoms with Crippen LogP contribution in [0.25, 0.3) is 0 Å². The molecule has 0 aliphatic rings. The van der Waals surface area contributed by atoms with E-state index in [0.717, 1.165) is 39.3 Å². The topological polar surface area (TPSA) is 64.7 Å². The highest BCUT2D eigenvalue weighted by Crippen LogP contribution is 2.16. The van der Waals surface area contributed by atoms with E-state index >= 15 is 0 Å². The third-order valence-electron chi connectivity index (χ3n) is 14.2. The highest BCUT2D eigenvalue weighted by Gasteiger charge is 2.17. The van der Waals surface area contributed by atoms with Crippen LogP contribution in [-0.2, 0) is 0 Å². The van der Waals surface area contributed by atoms with Crippen molar-refractivity contribution in [2.75, 3.05) is 52.4 Å². The van der Waals surface area contributed by atoms with Crippen molar-refractivity contribution in [2.24, 2.45) is 0 Å². The second kappa shape index (κ2) is 49.5. The van der Waals surface area contributed by atoms with E-state index in [1.165, 1.54) is 257 Å². The first-order chi connectivity index (χ1) is 32.6. The van der Waals surface area contributed by atoms with Crippen molar-refractivity contribution in [3.8, 4) is 0 Å². The van der Waals surface area contributed by atoms with Gasteiger partial charge in [0.2, 0.25) is 0 Å². The summed E-state index contributed by atoms with van der Waals surface area (Å²) < 4.78 is 0. The molecule has 2 amide bonds. The van der Waals surface area contributed by atoms with E-state index in [0.29, 0.717) is 24.2 Å². The van der Waals surface area contributed by atoms with E-state index in [1.54, 1.807) is 0 Å². The molecule has 0 saturated carbocycles. The Hall–Kier alpha value is -1.92. The lowest BCUT2D eigenvalue weighted by Gasteiger charge is -2.23. The second-order valence-electron chi connectivity index (χ2n) is 20.5. The lowest BCUT2D eigenvalue weighted by Crippen LogP contribution is -2.38. The molecule has 0 radical (unpaired) electrons. The Morgan fingerprint density at radius 2 is 0.500 bits per heavy atom. The number of amides is 2. The molecule has 2 N–H and O–H groups in total. The number of nitrogens with one attached hydrogen (secondary N) is 2. The van der Waals surface area contributed by atoms with Gasteiger partial charge in [-0.3, -0.25) is 9.59 Å². The van der Waals surface area contributed by atoms with Gasteiger partial charge in [-0.2, -0.15) is 0 Å². The highest BCUT2D eigenvalue weighted by molar-refractivity contribution is 6.07. The molecule has 0 atom stereocenters. The zero-order valence-electron chi connectivity index (χ0n) is 45.0. The van der Waals surface area contributed by atoms with Gasteiger partial charge in [0, 0.05) is 26.2 Å². The van der Waals surface area contributed by atoms with E-state index < -0.39 is 0 Å². The second-order valence-corrected chi connectivity index (χ2v) is 20.5. The molecule has 1 aromatic rings. The van der Waals surface area contributed by atoms with Crippen LogP contribution in [0.1, 0.15) is 305 Å². The first kappa shape index (κ1) is 62.1. The molecular weight excluding hydrogens is 809 g/mol. The van der Waals surface area contributed by atoms with E-state index in [9.17, 15) is 9.59 Å². The summed E-state index contributed by atoms with van der Waals surface area (Å²) in [7, 11) is 0. The van der Waals surface area contributed by atoms with Crippen molar-refractivity contribution in [3.05, 3.63) is 35.4 Å². The summed E-state index contributed by atoms with van der Waals surface area (Å²) in [5.74, 6) is -0.274. The van der Waals surface area contributed by atoms with Crippen LogP contribution in [0, 0.1) is 0 Å². The molecule has 1 rings (SSSR count). The first-order valence-corrected chi connectivity index (χ1v) is 29.7. The molecule has 386 valence electrons. The van der Waals surface area contributed by atoms with Crippen LogP contribution >= 0.6 is 0 Å². The maximum absolute atomic E-state index is 13.6. The SMILES string of the molecule is CCCCCCCCCCCCN(CCCCCCCCCCCC)CCNC(=O)c1ccccc1C(=O)NCCN(CCCCCCCCCCCC)CCCCCCCCCCCC. The summed E-state index contributed by atoms with van der Waals surface area (Å²) in [6, 6.07) is 7.40. The molecular formula is C60H114N4O2. The van der Waals surface area contributed by atoms with Crippen molar-refractivity contribution in [1.29, 1.82) is 0 Å². The Bertz CT molecular complexity index is 1040. The third kappa shape index (κ3) is 39.0. The minimum Gasteiger partial charge on any atom is -0.351 e. The molecule has 0 bridgehead atoms. The Morgan fingerprint density at radius 1 is 0.303 bits per heavy atom. The average Bonchev–Trinajstić information content (AvgIpc) is 3.33. The van der Waals surface area contributed by atoms with Gasteiger partial charge >= 0.3 is 0 Å². The number of benzene rings is 1. The van der Waals surface area contributed by atoms with Gasteiger partial charge < -0.3 is 20.4 Å². The zero-order chi connectivity index (χ0) is 47.6. The number of carbonyl (C=O) groups is 2. The number of carbonyl (C=O) groups excluding carboxylic acids is 2. The van der Waals surface area contributed by atoms with Crippen LogP contribution in [0.4, 0.5) is 0 Å². The fraction of sp³-hybridized carbons (Fsp3) is 0.867. The number of hydrogen-bond donors (Lipinski definition) is 2. The van der Waals surface area contributed by atoms with Crippen LogP contribution in [-0.4, -0.2) is 74.0 Å². The average molecular weight is 924 g/mol. The van der Waals surface area contributed by atoms with Gasteiger partial charge in [0.25, 0.3) is 11.8 Å². The summed E-state index contributed by atoms with van der Waals surface area (Å²) >= 11 is 0. The summed E-state index contributed by atoms with van der Waals surface area (Å²) in [4.78, 5) is 32.5. The molecule has 0 saturated heterocycles. The first-order valence-electron chi connectivity index (χ1n) is 29.7. The zero-order valence-corrected chi connectivity index (χ0v) is 45.0. The van der Waals surface area contributed by atoms with Crippen molar-refractivity contribution in [2.45, 2.75) is 285 Å². The lowest BCUT2D eigenvalue weighted by atomic mass is 10.1. The van der Waals surface area contributed by atoms with Gasteiger partial charge in [0.15, 0.2) is 0 Å². The van der Waals surface area contributed by atoms with Gasteiger partial charge in [-0.05, 0) is 64.0 Å². The number of nitrogens with zero attached hydrogens (tertiary/aromatic N) is 2. The predicted octanol–water partition coefficient (Wildman–Crippen LogP) is 17.4. The summed E-state index contributed by atoms with van der Waals surface area (Å²) in [6.07, 6.45) is 54.1. The largest absolute Gasteiger partial charge is 0.351 e. The molecule has 0 spiro atoms. The summed E-state index contributed by atoms with van der Waals surface area (Å²) in [6.45, 7) is 16.6. The van der Waals surface area contributed by atoms with E-state index in [-0.39, 0.29) is 11.8 Å². The maximum atomic E-state index is 13.6.